The highest BCUT2D eigenvalue weighted by Crippen LogP contribution is 2.30. The number of anilines is 1. The molecular weight excluding hydrogens is 310 g/mol. The van der Waals surface area contributed by atoms with Crippen molar-refractivity contribution >= 4 is 22.5 Å². The molecule has 0 saturated carbocycles. The number of rotatable bonds is 3. The molecule has 0 bridgehead atoms. The minimum Gasteiger partial charge on any atom is -0.356 e. The third-order valence-corrected chi connectivity index (χ3v) is 4.98. The first-order valence-electron chi connectivity index (χ1n) is 8.80. The Morgan fingerprint density at radius 1 is 0.960 bits per heavy atom. The molecule has 1 aliphatic rings. The topological polar surface area (TPSA) is 46.1 Å². The second-order valence-electron chi connectivity index (χ2n) is 6.63. The number of ketones is 1. The van der Waals surface area contributed by atoms with Crippen LogP contribution >= 0.6 is 0 Å². The molecule has 1 aliphatic heterocycles. The third-order valence-electron chi connectivity index (χ3n) is 4.98. The predicted molar refractivity (Wildman–Crippen MR) is 101 cm³/mol. The second kappa shape index (κ2) is 6.63. The Morgan fingerprint density at radius 2 is 1.64 bits per heavy atom. The van der Waals surface area contributed by atoms with Gasteiger partial charge in [0.05, 0.1) is 5.52 Å². The first kappa shape index (κ1) is 15.8. The number of piperidine rings is 1. The van der Waals surface area contributed by atoms with Crippen LogP contribution in [0.15, 0.2) is 54.6 Å². The van der Waals surface area contributed by atoms with Gasteiger partial charge in [-0.3, -0.25) is 4.79 Å². The van der Waals surface area contributed by atoms with Crippen molar-refractivity contribution in [3.8, 4) is 11.4 Å². The average molecular weight is 331 g/mol. The summed E-state index contributed by atoms with van der Waals surface area (Å²) >= 11 is 0. The first-order chi connectivity index (χ1) is 12.2. The van der Waals surface area contributed by atoms with Gasteiger partial charge in [-0.1, -0.05) is 42.5 Å². The Balaban J connectivity index is 1.76. The van der Waals surface area contributed by atoms with Gasteiger partial charge in [-0.15, -0.1) is 0 Å². The van der Waals surface area contributed by atoms with Crippen molar-refractivity contribution < 1.29 is 4.79 Å². The van der Waals surface area contributed by atoms with E-state index in [1.54, 1.807) is 6.92 Å². The smallest absolute Gasteiger partial charge is 0.162 e. The quantitative estimate of drug-likeness (QED) is 0.725. The predicted octanol–water partition coefficient (Wildman–Crippen LogP) is 4.10. The molecule has 1 aromatic heterocycles. The lowest BCUT2D eigenvalue weighted by molar-refractivity contribution is -0.121. The van der Waals surface area contributed by atoms with Crippen LogP contribution in [0.25, 0.3) is 22.3 Å². The monoisotopic (exact) mass is 331 g/mol. The minimum absolute atomic E-state index is 0.193. The van der Waals surface area contributed by atoms with Crippen LogP contribution in [0.5, 0.6) is 0 Å². The standard InChI is InChI=1S/C21H21N3O/c1-15(25)16-11-13-24(14-12-16)21-18-9-5-6-10-19(18)22-20(23-21)17-7-3-2-4-8-17/h2-10,16H,11-14H2,1H3. The van der Waals surface area contributed by atoms with E-state index in [1.807, 2.05) is 48.5 Å². The van der Waals surface area contributed by atoms with Crippen LogP contribution in [-0.2, 0) is 4.79 Å². The van der Waals surface area contributed by atoms with Crippen molar-refractivity contribution in [3.63, 3.8) is 0 Å². The number of aromatic nitrogens is 2. The van der Waals surface area contributed by atoms with Gasteiger partial charge in [0.25, 0.3) is 0 Å². The molecule has 0 radical (unpaired) electrons. The van der Waals surface area contributed by atoms with Gasteiger partial charge in [-0.05, 0) is 31.9 Å². The fourth-order valence-corrected chi connectivity index (χ4v) is 3.52. The van der Waals surface area contributed by atoms with Gasteiger partial charge < -0.3 is 4.90 Å². The maximum atomic E-state index is 11.6. The molecule has 0 N–H and O–H groups in total. The number of hydrogen-bond donors (Lipinski definition) is 0. The molecule has 1 fully saturated rings. The van der Waals surface area contributed by atoms with Crippen LogP contribution < -0.4 is 4.90 Å². The van der Waals surface area contributed by atoms with Crippen LogP contribution in [0.1, 0.15) is 19.8 Å². The molecule has 0 atom stereocenters. The molecule has 4 nitrogen and oxygen atoms in total. The van der Waals surface area contributed by atoms with E-state index in [0.717, 1.165) is 54.0 Å². The van der Waals surface area contributed by atoms with Crippen LogP contribution in [0, 0.1) is 5.92 Å². The Labute approximate surface area is 147 Å². The number of para-hydroxylation sites is 1. The van der Waals surface area contributed by atoms with E-state index in [2.05, 4.69) is 11.0 Å². The average Bonchev–Trinajstić information content (AvgIpc) is 2.68. The maximum absolute atomic E-state index is 11.6. The Morgan fingerprint density at radius 3 is 2.36 bits per heavy atom. The normalized spacial score (nSPS) is 15.5. The lowest BCUT2D eigenvalue weighted by Gasteiger charge is -2.32. The number of carbonyl (C=O) groups excluding carboxylic acids is 1. The van der Waals surface area contributed by atoms with Crippen LogP contribution in [-0.4, -0.2) is 28.8 Å². The van der Waals surface area contributed by atoms with Gasteiger partial charge in [0.1, 0.15) is 11.6 Å². The molecule has 2 aromatic carbocycles. The highest BCUT2D eigenvalue weighted by Gasteiger charge is 2.24. The largest absolute Gasteiger partial charge is 0.356 e. The SMILES string of the molecule is CC(=O)C1CCN(c2nc(-c3ccccc3)nc3ccccc23)CC1. The summed E-state index contributed by atoms with van der Waals surface area (Å²) in [5.41, 5.74) is 1.98. The number of carbonyl (C=O) groups is 1. The van der Waals surface area contributed by atoms with Crippen molar-refractivity contribution in [2.24, 2.45) is 5.92 Å². The van der Waals surface area contributed by atoms with E-state index in [4.69, 9.17) is 9.97 Å². The molecule has 4 rings (SSSR count). The highest BCUT2D eigenvalue weighted by molar-refractivity contribution is 5.91. The van der Waals surface area contributed by atoms with E-state index in [1.165, 1.54) is 0 Å². The minimum atomic E-state index is 0.193. The lowest BCUT2D eigenvalue weighted by atomic mass is 9.93. The number of fused-ring (bicyclic) bond motifs is 1. The molecule has 126 valence electrons. The van der Waals surface area contributed by atoms with E-state index in [0.29, 0.717) is 5.78 Å². The lowest BCUT2D eigenvalue weighted by Crippen LogP contribution is -2.36. The summed E-state index contributed by atoms with van der Waals surface area (Å²) in [5.74, 6) is 2.23. The Hall–Kier alpha value is -2.75. The number of hydrogen-bond acceptors (Lipinski definition) is 4. The summed E-state index contributed by atoms with van der Waals surface area (Å²) in [6.45, 7) is 3.42. The van der Waals surface area contributed by atoms with Crippen molar-refractivity contribution in [3.05, 3.63) is 54.6 Å². The zero-order chi connectivity index (χ0) is 17.2. The molecule has 25 heavy (non-hydrogen) atoms. The molecule has 4 heteroatoms. The second-order valence-corrected chi connectivity index (χ2v) is 6.63. The van der Waals surface area contributed by atoms with Gasteiger partial charge >= 0.3 is 0 Å². The number of Topliss-reactive ketones (excluding diaryl/α,β-unsaturated/α-hetero) is 1. The Bertz CT molecular complexity index is 899. The van der Waals surface area contributed by atoms with Crippen molar-refractivity contribution in [2.45, 2.75) is 19.8 Å². The summed E-state index contributed by atoms with van der Waals surface area (Å²) in [6, 6.07) is 18.2. The molecule has 2 heterocycles. The van der Waals surface area contributed by atoms with Gasteiger partial charge in [-0.2, -0.15) is 0 Å². The summed E-state index contributed by atoms with van der Waals surface area (Å²) in [6.07, 6.45) is 1.79. The van der Waals surface area contributed by atoms with E-state index < -0.39 is 0 Å². The van der Waals surface area contributed by atoms with E-state index >= 15 is 0 Å². The van der Waals surface area contributed by atoms with Gasteiger partial charge in [-0.25, -0.2) is 9.97 Å². The molecular formula is C21H21N3O. The van der Waals surface area contributed by atoms with Gasteiger partial charge in [0.2, 0.25) is 0 Å². The highest BCUT2D eigenvalue weighted by atomic mass is 16.1. The molecule has 0 amide bonds. The third kappa shape index (κ3) is 3.12. The van der Waals surface area contributed by atoms with Crippen LogP contribution in [0.3, 0.4) is 0 Å². The van der Waals surface area contributed by atoms with E-state index in [-0.39, 0.29) is 5.92 Å². The number of benzene rings is 2. The molecule has 0 aliphatic carbocycles. The van der Waals surface area contributed by atoms with Crippen molar-refractivity contribution in [1.82, 2.24) is 9.97 Å². The van der Waals surface area contributed by atoms with Crippen LogP contribution in [0.4, 0.5) is 5.82 Å². The molecule has 1 saturated heterocycles. The fourth-order valence-electron chi connectivity index (χ4n) is 3.52. The molecule has 0 spiro atoms. The van der Waals surface area contributed by atoms with Gasteiger partial charge in [0, 0.05) is 30.0 Å². The van der Waals surface area contributed by atoms with E-state index in [9.17, 15) is 4.79 Å². The van der Waals surface area contributed by atoms with Gasteiger partial charge in [0.15, 0.2) is 5.82 Å². The van der Waals surface area contributed by atoms with Crippen molar-refractivity contribution in [2.75, 3.05) is 18.0 Å². The molecule has 0 unspecified atom stereocenters. The number of nitrogens with zero attached hydrogens (tertiary/aromatic N) is 3. The zero-order valence-electron chi connectivity index (χ0n) is 14.4. The summed E-state index contributed by atoms with van der Waals surface area (Å²) in [5, 5.41) is 1.07. The van der Waals surface area contributed by atoms with Crippen molar-refractivity contribution in [1.29, 1.82) is 0 Å². The molecule has 3 aromatic rings. The first-order valence-corrected chi connectivity index (χ1v) is 8.80. The maximum Gasteiger partial charge on any atom is 0.162 e. The summed E-state index contributed by atoms with van der Waals surface area (Å²) in [7, 11) is 0. The van der Waals surface area contributed by atoms with Crippen LogP contribution in [0.2, 0.25) is 0 Å². The zero-order valence-corrected chi connectivity index (χ0v) is 14.4. The Kier molecular flexibility index (Phi) is 4.18. The summed E-state index contributed by atoms with van der Waals surface area (Å²) < 4.78 is 0. The fraction of sp³-hybridized carbons (Fsp3) is 0.286. The summed E-state index contributed by atoms with van der Waals surface area (Å²) in [4.78, 5) is 23.6.